The Morgan fingerprint density at radius 3 is 2.70 bits per heavy atom. The van der Waals surface area contributed by atoms with Crippen molar-refractivity contribution in [2.24, 2.45) is 5.10 Å². The predicted octanol–water partition coefficient (Wildman–Crippen LogP) is 1.15. The molecule has 0 unspecified atom stereocenters. The van der Waals surface area contributed by atoms with Crippen LogP contribution in [0.4, 0.5) is 11.4 Å². The second-order valence-corrected chi connectivity index (χ2v) is 6.27. The van der Waals surface area contributed by atoms with Crippen LogP contribution in [0, 0.1) is 0 Å². The highest BCUT2D eigenvalue weighted by molar-refractivity contribution is 6.43. The Morgan fingerprint density at radius 1 is 1.30 bits per heavy atom. The van der Waals surface area contributed by atoms with Gasteiger partial charge in [-0.15, -0.1) is 0 Å². The zero-order chi connectivity index (χ0) is 16.8. The maximum absolute atomic E-state index is 12.3. The molecule has 0 atom stereocenters. The number of anilines is 2. The highest BCUT2D eigenvalue weighted by atomic mass is 16.2. The minimum absolute atomic E-state index is 0.0235. The smallest absolute Gasteiger partial charge is 0.271 e. The van der Waals surface area contributed by atoms with E-state index in [4.69, 9.17) is 0 Å². The van der Waals surface area contributed by atoms with Crippen LogP contribution in [0.25, 0.3) is 0 Å². The Labute approximate surface area is 133 Å². The van der Waals surface area contributed by atoms with Gasteiger partial charge in [0.25, 0.3) is 5.91 Å². The molecule has 2 N–H and O–H groups in total. The first-order chi connectivity index (χ1) is 10.8. The Morgan fingerprint density at radius 2 is 2.04 bits per heavy atom. The van der Waals surface area contributed by atoms with Crippen LogP contribution < -0.4 is 15.6 Å². The van der Waals surface area contributed by atoms with Crippen molar-refractivity contribution in [1.29, 1.82) is 0 Å². The molecule has 0 aliphatic carbocycles. The van der Waals surface area contributed by atoms with Crippen LogP contribution in [-0.2, 0) is 19.8 Å². The number of hydrazone groups is 1. The van der Waals surface area contributed by atoms with Crippen LogP contribution in [0.2, 0.25) is 0 Å². The van der Waals surface area contributed by atoms with Crippen LogP contribution in [0.3, 0.4) is 0 Å². The molecule has 23 heavy (non-hydrogen) atoms. The third-order valence-corrected chi connectivity index (χ3v) is 4.29. The number of benzene rings is 1. The van der Waals surface area contributed by atoms with Gasteiger partial charge in [-0.25, -0.2) is 5.43 Å². The van der Waals surface area contributed by atoms with E-state index in [1.54, 1.807) is 18.0 Å². The third kappa shape index (κ3) is 2.48. The van der Waals surface area contributed by atoms with Gasteiger partial charge in [-0.2, -0.15) is 5.10 Å². The van der Waals surface area contributed by atoms with Crippen molar-refractivity contribution in [3.63, 3.8) is 0 Å². The van der Waals surface area contributed by atoms with E-state index in [1.165, 1.54) is 0 Å². The molecule has 3 amide bonds. The van der Waals surface area contributed by atoms with Crippen LogP contribution >= 0.6 is 0 Å². The first-order valence-electron chi connectivity index (χ1n) is 7.40. The van der Waals surface area contributed by atoms with Crippen molar-refractivity contribution in [2.75, 3.05) is 17.3 Å². The van der Waals surface area contributed by atoms with E-state index in [0.29, 0.717) is 12.1 Å². The second-order valence-electron chi connectivity index (χ2n) is 6.27. The molecule has 3 rings (SSSR count). The van der Waals surface area contributed by atoms with Gasteiger partial charge >= 0.3 is 0 Å². The van der Waals surface area contributed by atoms with Crippen LogP contribution in [0.1, 0.15) is 32.3 Å². The number of carbonyl (C=O) groups is 3. The molecule has 0 radical (unpaired) electrons. The van der Waals surface area contributed by atoms with Crippen molar-refractivity contribution in [2.45, 2.75) is 32.1 Å². The molecule has 0 bridgehead atoms. The third-order valence-electron chi connectivity index (χ3n) is 4.29. The van der Waals surface area contributed by atoms with E-state index in [0.717, 1.165) is 11.3 Å². The SMILES string of the molecule is CN1C(=O)C(C)(C)c2cc(NC(=O)C3=NNC(=O)CC3)ccc21. The van der Waals surface area contributed by atoms with Gasteiger partial charge in [-0.3, -0.25) is 14.4 Å². The van der Waals surface area contributed by atoms with Crippen LogP contribution in [0.15, 0.2) is 23.3 Å². The number of rotatable bonds is 2. The van der Waals surface area contributed by atoms with Gasteiger partial charge in [0, 0.05) is 31.3 Å². The molecule has 7 nitrogen and oxygen atoms in total. The first-order valence-corrected chi connectivity index (χ1v) is 7.40. The molecule has 0 aromatic heterocycles. The molecular formula is C16H18N4O3. The van der Waals surface area contributed by atoms with Gasteiger partial charge in [-0.1, -0.05) is 0 Å². The monoisotopic (exact) mass is 314 g/mol. The molecule has 0 spiro atoms. The summed E-state index contributed by atoms with van der Waals surface area (Å²) in [5.74, 6) is -0.516. The number of carbonyl (C=O) groups excluding carboxylic acids is 3. The van der Waals surface area contributed by atoms with Crippen LogP contribution in [0.5, 0.6) is 0 Å². The summed E-state index contributed by atoms with van der Waals surface area (Å²) in [5, 5.41) is 6.55. The van der Waals surface area contributed by atoms with E-state index in [1.807, 2.05) is 26.0 Å². The lowest BCUT2D eigenvalue weighted by Crippen LogP contribution is -2.33. The molecule has 1 aromatic rings. The summed E-state index contributed by atoms with van der Waals surface area (Å²) in [6, 6.07) is 5.39. The summed E-state index contributed by atoms with van der Waals surface area (Å²) in [6.45, 7) is 3.73. The molecule has 120 valence electrons. The minimum Gasteiger partial charge on any atom is -0.321 e. The minimum atomic E-state index is -0.624. The van der Waals surface area contributed by atoms with Gasteiger partial charge in [0.15, 0.2) is 0 Å². The van der Waals surface area contributed by atoms with Crippen LogP contribution in [-0.4, -0.2) is 30.5 Å². The highest BCUT2D eigenvalue weighted by Crippen LogP contribution is 2.41. The Kier molecular flexibility index (Phi) is 3.43. The fraction of sp³-hybridized carbons (Fsp3) is 0.375. The summed E-state index contributed by atoms with van der Waals surface area (Å²) in [7, 11) is 1.74. The molecular weight excluding hydrogens is 296 g/mol. The second kappa shape index (κ2) is 5.19. The maximum Gasteiger partial charge on any atom is 0.271 e. The van der Waals surface area contributed by atoms with Gasteiger partial charge in [0.2, 0.25) is 11.8 Å². The molecule has 2 aliphatic rings. The lowest BCUT2D eigenvalue weighted by molar-refractivity contribution is -0.122. The number of likely N-dealkylation sites (N-methyl/N-ethyl adjacent to an activating group) is 1. The summed E-state index contributed by atoms with van der Waals surface area (Å²) < 4.78 is 0. The van der Waals surface area contributed by atoms with Gasteiger partial charge in [0.05, 0.1) is 5.41 Å². The molecule has 0 saturated heterocycles. The lowest BCUT2D eigenvalue weighted by atomic mass is 9.86. The normalized spacial score (nSPS) is 19.1. The summed E-state index contributed by atoms with van der Waals surface area (Å²) in [5.41, 5.74) is 4.29. The summed E-state index contributed by atoms with van der Waals surface area (Å²) in [4.78, 5) is 37.2. The number of fused-ring (bicyclic) bond motifs is 1. The van der Waals surface area contributed by atoms with Crippen molar-refractivity contribution in [1.82, 2.24) is 5.43 Å². The Balaban J connectivity index is 1.84. The Bertz CT molecular complexity index is 752. The predicted molar refractivity (Wildman–Crippen MR) is 86.3 cm³/mol. The van der Waals surface area contributed by atoms with Gasteiger partial charge in [0.1, 0.15) is 5.71 Å². The lowest BCUT2D eigenvalue weighted by Gasteiger charge is -2.17. The first kappa shape index (κ1) is 15.2. The van der Waals surface area contributed by atoms with Crippen molar-refractivity contribution in [3.05, 3.63) is 23.8 Å². The molecule has 0 saturated carbocycles. The molecule has 0 fully saturated rings. The fourth-order valence-corrected chi connectivity index (χ4v) is 2.89. The quantitative estimate of drug-likeness (QED) is 0.858. The number of hydrogen-bond acceptors (Lipinski definition) is 4. The van der Waals surface area contributed by atoms with E-state index >= 15 is 0 Å². The maximum atomic E-state index is 12.3. The number of amides is 3. The topological polar surface area (TPSA) is 90.9 Å². The van der Waals surface area contributed by atoms with E-state index in [-0.39, 0.29) is 29.9 Å². The average molecular weight is 314 g/mol. The highest BCUT2D eigenvalue weighted by Gasteiger charge is 2.42. The van der Waals surface area contributed by atoms with E-state index in [9.17, 15) is 14.4 Å². The summed E-state index contributed by atoms with van der Waals surface area (Å²) >= 11 is 0. The molecule has 7 heteroatoms. The molecule has 2 aliphatic heterocycles. The standard InChI is InChI=1S/C16H18N4O3/c1-16(2)10-8-9(4-6-12(10)20(3)15(16)23)17-14(22)11-5-7-13(21)19-18-11/h4,6,8H,5,7H2,1-3H3,(H,17,22)(H,19,21). The van der Waals surface area contributed by atoms with Gasteiger partial charge < -0.3 is 10.2 Å². The largest absolute Gasteiger partial charge is 0.321 e. The van der Waals surface area contributed by atoms with Gasteiger partial charge in [-0.05, 0) is 37.6 Å². The van der Waals surface area contributed by atoms with Crippen molar-refractivity contribution in [3.8, 4) is 0 Å². The summed E-state index contributed by atoms with van der Waals surface area (Å²) in [6.07, 6.45) is 0.568. The Hall–Kier alpha value is -2.70. The van der Waals surface area contributed by atoms with E-state index in [2.05, 4.69) is 15.8 Å². The van der Waals surface area contributed by atoms with Crippen molar-refractivity contribution < 1.29 is 14.4 Å². The number of nitrogens with zero attached hydrogens (tertiary/aromatic N) is 2. The average Bonchev–Trinajstić information content (AvgIpc) is 2.69. The number of hydrogen-bond donors (Lipinski definition) is 2. The zero-order valence-electron chi connectivity index (χ0n) is 13.3. The molecule has 1 aromatic carbocycles. The molecule has 2 heterocycles. The fourth-order valence-electron chi connectivity index (χ4n) is 2.89. The van der Waals surface area contributed by atoms with Crippen molar-refractivity contribution >= 4 is 34.8 Å². The van der Waals surface area contributed by atoms with E-state index < -0.39 is 5.41 Å². The zero-order valence-corrected chi connectivity index (χ0v) is 13.3. The number of nitrogens with one attached hydrogen (secondary N) is 2.